The number of nitrogens with zero attached hydrogens (tertiary/aromatic N) is 1. The van der Waals surface area contributed by atoms with E-state index in [1.807, 2.05) is 7.05 Å². The van der Waals surface area contributed by atoms with E-state index in [0.29, 0.717) is 0 Å². The Kier molecular flexibility index (Phi) is 3.31. The summed E-state index contributed by atoms with van der Waals surface area (Å²) in [6, 6.07) is 0.185. The van der Waals surface area contributed by atoms with Crippen LogP contribution in [0.15, 0.2) is 0 Å². The molecule has 0 N–H and O–H groups in total. The fraction of sp³-hybridized carbons (Fsp3) is 0.750. The van der Waals surface area contributed by atoms with Crippen molar-refractivity contribution in [2.45, 2.75) is 18.9 Å². The average molecular weight is 203 g/mol. The summed E-state index contributed by atoms with van der Waals surface area (Å²) in [5.74, 6) is 2.75. The molecular weight excluding hydrogens is 189 g/mol. The van der Waals surface area contributed by atoms with E-state index < -0.39 is 6.42 Å². The minimum Gasteiger partial charge on any atom is -0.341 e. The predicted molar refractivity (Wildman–Crippen MR) is 55.8 cm³/mol. The Hall–Kier alpha value is 0.130. The highest BCUT2D eigenvalue weighted by atomic mass is 32.4. The molecule has 0 radical (unpaired) electrons. The van der Waals surface area contributed by atoms with Gasteiger partial charge in [-0.3, -0.25) is 0 Å². The maximum absolute atomic E-state index is 5.44. The minimum absolute atomic E-state index is 0.185. The molecule has 0 saturated carbocycles. The van der Waals surface area contributed by atoms with Gasteiger partial charge in [0.2, 0.25) is 0 Å². The van der Waals surface area contributed by atoms with Crippen LogP contribution in [-0.2, 0) is 16.3 Å². The molecule has 4 heteroatoms. The summed E-state index contributed by atoms with van der Waals surface area (Å²) in [4.78, 5) is 0. The SMILES string of the molecule is C#CC1CCCP(=S)(OC)N1C. The van der Waals surface area contributed by atoms with Crippen molar-refractivity contribution in [3.8, 4) is 12.3 Å². The lowest BCUT2D eigenvalue weighted by Gasteiger charge is -2.38. The first-order valence-electron chi connectivity index (χ1n) is 3.98. The lowest BCUT2D eigenvalue weighted by molar-refractivity contribution is 0.338. The molecule has 2 atom stereocenters. The highest BCUT2D eigenvalue weighted by Crippen LogP contribution is 2.54. The average Bonchev–Trinajstić information content (AvgIpc) is 2.10. The summed E-state index contributed by atoms with van der Waals surface area (Å²) < 4.78 is 7.45. The standard InChI is InChI=1S/C8H14NOPS/c1-4-8-6-5-7-11(12,10-3)9(8)2/h1,8H,5-7H2,2-3H3. The van der Waals surface area contributed by atoms with Crippen LogP contribution in [0, 0.1) is 12.3 Å². The van der Waals surface area contributed by atoms with Gasteiger partial charge in [-0.1, -0.05) is 17.7 Å². The summed E-state index contributed by atoms with van der Waals surface area (Å²) in [5.41, 5.74) is 0. The molecule has 1 rings (SSSR count). The van der Waals surface area contributed by atoms with Crippen LogP contribution < -0.4 is 0 Å². The van der Waals surface area contributed by atoms with Gasteiger partial charge >= 0.3 is 0 Å². The van der Waals surface area contributed by atoms with Crippen molar-refractivity contribution in [3.63, 3.8) is 0 Å². The van der Waals surface area contributed by atoms with Gasteiger partial charge in [0, 0.05) is 13.3 Å². The maximum Gasteiger partial charge on any atom is 0.132 e. The van der Waals surface area contributed by atoms with Crippen LogP contribution >= 0.6 is 6.42 Å². The van der Waals surface area contributed by atoms with Crippen LogP contribution in [0.3, 0.4) is 0 Å². The Labute approximate surface area is 79.4 Å². The van der Waals surface area contributed by atoms with Crippen molar-refractivity contribution in [1.29, 1.82) is 0 Å². The first kappa shape index (κ1) is 10.2. The molecule has 0 aromatic carbocycles. The van der Waals surface area contributed by atoms with Gasteiger partial charge in [-0.2, -0.15) is 0 Å². The van der Waals surface area contributed by atoms with Crippen molar-refractivity contribution >= 4 is 18.2 Å². The summed E-state index contributed by atoms with van der Waals surface area (Å²) >= 11 is 5.44. The van der Waals surface area contributed by atoms with Crippen LogP contribution in [0.1, 0.15) is 12.8 Å². The second kappa shape index (κ2) is 3.89. The molecule has 1 aliphatic rings. The Balaban J connectivity index is 2.80. The van der Waals surface area contributed by atoms with E-state index in [-0.39, 0.29) is 6.04 Å². The zero-order valence-corrected chi connectivity index (χ0v) is 9.20. The Morgan fingerprint density at radius 1 is 1.75 bits per heavy atom. The number of terminal acetylenes is 1. The second-order valence-corrected chi connectivity index (χ2v) is 7.37. The predicted octanol–water partition coefficient (Wildman–Crippen LogP) is 1.67. The van der Waals surface area contributed by atoms with Crippen LogP contribution in [0.25, 0.3) is 0 Å². The molecule has 1 aliphatic heterocycles. The third-order valence-corrected chi connectivity index (χ3v) is 6.79. The van der Waals surface area contributed by atoms with Gasteiger partial charge in [0.15, 0.2) is 0 Å². The summed E-state index contributed by atoms with van der Waals surface area (Å²) in [6.45, 7) is 0. The topological polar surface area (TPSA) is 12.5 Å². The zero-order chi connectivity index (χ0) is 9.19. The zero-order valence-electron chi connectivity index (χ0n) is 7.49. The van der Waals surface area contributed by atoms with E-state index in [1.54, 1.807) is 7.11 Å². The minimum atomic E-state index is -1.73. The largest absolute Gasteiger partial charge is 0.341 e. The van der Waals surface area contributed by atoms with Crippen molar-refractivity contribution in [2.24, 2.45) is 0 Å². The van der Waals surface area contributed by atoms with Crippen LogP contribution in [0.5, 0.6) is 0 Å². The van der Waals surface area contributed by atoms with E-state index in [0.717, 1.165) is 19.0 Å². The number of hydrogen-bond donors (Lipinski definition) is 0. The van der Waals surface area contributed by atoms with E-state index in [1.165, 1.54) is 0 Å². The lowest BCUT2D eigenvalue weighted by atomic mass is 10.2. The van der Waals surface area contributed by atoms with Gasteiger partial charge in [0.05, 0.1) is 6.04 Å². The third-order valence-electron chi connectivity index (χ3n) is 2.33. The van der Waals surface area contributed by atoms with Gasteiger partial charge in [0.1, 0.15) is 6.42 Å². The fourth-order valence-electron chi connectivity index (χ4n) is 1.45. The van der Waals surface area contributed by atoms with Crippen LogP contribution in [0.2, 0.25) is 0 Å². The normalized spacial score (nSPS) is 37.6. The lowest BCUT2D eigenvalue weighted by Crippen LogP contribution is -2.33. The Bertz CT molecular complexity index is 248. The number of rotatable bonds is 1. The highest BCUT2D eigenvalue weighted by molar-refractivity contribution is 8.11. The molecule has 0 amide bonds. The second-order valence-electron chi connectivity index (χ2n) is 2.94. The molecule has 1 saturated heterocycles. The Morgan fingerprint density at radius 3 is 2.92 bits per heavy atom. The molecule has 0 spiro atoms. The van der Waals surface area contributed by atoms with Gasteiger partial charge in [-0.15, -0.1) is 6.42 Å². The van der Waals surface area contributed by atoms with E-state index in [9.17, 15) is 0 Å². The van der Waals surface area contributed by atoms with Gasteiger partial charge in [0.25, 0.3) is 0 Å². The van der Waals surface area contributed by atoms with Crippen LogP contribution in [0.4, 0.5) is 0 Å². The van der Waals surface area contributed by atoms with Gasteiger partial charge in [-0.05, 0) is 19.9 Å². The van der Waals surface area contributed by atoms with Crippen molar-refractivity contribution in [2.75, 3.05) is 20.3 Å². The summed E-state index contributed by atoms with van der Waals surface area (Å²) in [7, 11) is 3.67. The van der Waals surface area contributed by atoms with Crippen LogP contribution in [-0.4, -0.2) is 31.0 Å². The third kappa shape index (κ3) is 1.72. The van der Waals surface area contributed by atoms with Gasteiger partial charge in [-0.25, -0.2) is 4.67 Å². The molecule has 12 heavy (non-hydrogen) atoms. The number of hydrogen-bond acceptors (Lipinski definition) is 2. The molecular formula is C8H14NOPS. The molecule has 2 unspecified atom stereocenters. The van der Waals surface area contributed by atoms with E-state index >= 15 is 0 Å². The van der Waals surface area contributed by atoms with E-state index in [2.05, 4.69) is 10.6 Å². The molecule has 0 bridgehead atoms. The first-order chi connectivity index (χ1) is 5.64. The molecule has 1 fully saturated rings. The maximum atomic E-state index is 5.44. The summed E-state index contributed by atoms with van der Waals surface area (Å²) in [6.07, 6.45) is 6.81. The van der Waals surface area contributed by atoms with Gasteiger partial charge < -0.3 is 4.52 Å². The monoisotopic (exact) mass is 203 g/mol. The molecule has 1 heterocycles. The molecule has 2 nitrogen and oxygen atoms in total. The van der Waals surface area contributed by atoms with Crippen molar-refractivity contribution < 1.29 is 4.52 Å². The van der Waals surface area contributed by atoms with E-state index in [4.69, 9.17) is 22.8 Å². The quantitative estimate of drug-likeness (QED) is 0.475. The smallest absolute Gasteiger partial charge is 0.132 e. The molecule has 0 aromatic heterocycles. The first-order valence-corrected chi connectivity index (χ1v) is 6.84. The van der Waals surface area contributed by atoms with Crippen molar-refractivity contribution in [3.05, 3.63) is 0 Å². The molecule has 0 aromatic rings. The molecule has 0 aliphatic carbocycles. The highest BCUT2D eigenvalue weighted by Gasteiger charge is 2.31. The van der Waals surface area contributed by atoms with Crippen molar-refractivity contribution in [1.82, 2.24) is 4.67 Å². The molecule has 68 valence electrons. The fourth-order valence-corrected chi connectivity index (χ4v) is 4.13. The Morgan fingerprint density at radius 2 is 2.42 bits per heavy atom. The summed E-state index contributed by atoms with van der Waals surface area (Å²) in [5, 5.41) is 0.